The number of thioether (sulfide) groups is 1. The normalized spacial score (nSPS) is 15.7. The van der Waals surface area contributed by atoms with Gasteiger partial charge in [0.25, 0.3) is 11.1 Å². The zero-order valence-corrected chi connectivity index (χ0v) is 20.4. The van der Waals surface area contributed by atoms with Gasteiger partial charge in [-0.15, -0.1) is 0 Å². The number of benzene rings is 2. The maximum Gasteiger partial charge on any atom is 0.328 e. The largest absolute Gasteiger partial charge is 0.490 e. The minimum Gasteiger partial charge on any atom is -0.490 e. The molecule has 2 amide bonds. The Morgan fingerprint density at radius 1 is 1.15 bits per heavy atom. The second-order valence-corrected chi connectivity index (χ2v) is 8.77. The lowest BCUT2D eigenvalue weighted by Gasteiger charge is -2.18. The summed E-state index contributed by atoms with van der Waals surface area (Å²) in [6.45, 7) is 3.87. The Balaban J connectivity index is 1.86. The van der Waals surface area contributed by atoms with Crippen molar-refractivity contribution in [3.05, 3.63) is 62.5 Å². The van der Waals surface area contributed by atoms with Gasteiger partial charge in [0.15, 0.2) is 11.5 Å². The van der Waals surface area contributed by atoms with Gasteiger partial charge in [-0.3, -0.25) is 14.5 Å². The highest BCUT2D eigenvalue weighted by Crippen LogP contribution is 2.40. The molecule has 0 spiro atoms. The first-order chi connectivity index (χ1) is 15.7. The average molecular weight is 510 g/mol. The fraction of sp³-hybridized carbons (Fsp3) is 0.261. The molecule has 1 aliphatic rings. The lowest BCUT2D eigenvalue weighted by atomic mass is 10.1. The van der Waals surface area contributed by atoms with Gasteiger partial charge in [0, 0.05) is 5.02 Å². The molecule has 33 heavy (non-hydrogen) atoms. The molecule has 0 aromatic heterocycles. The summed E-state index contributed by atoms with van der Waals surface area (Å²) in [5.74, 6) is -0.507. The Bertz CT molecular complexity index is 1100. The van der Waals surface area contributed by atoms with Crippen molar-refractivity contribution in [1.29, 1.82) is 0 Å². The summed E-state index contributed by atoms with van der Waals surface area (Å²) in [6.07, 6.45) is 1.52. The Labute approximate surface area is 205 Å². The summed E-state index contributed by atoms with van der Waals surface area (Å²) < 4.78 is 16.2. The van der Waals surface area contributed by atoms with E-state index in [9.17, 15) is 14.4 Å². The van der Waals surface area contributed by atoms with E-state index in [-0.39, 0.29) is 16.5 Å². The van der Waals surface area contributed by atoms with Crippen LogP contribution in [0.3, 0.4) is 0 Å². The summed E-state index contributed by atoms with van der Waals surface area (Å²) >= 11 is 13.1. The Kier molecular flexibility index (Phi) is 8.29. The monoisotopic (exact) mass is 509 g/mol. The molecule has 7 nitrogen and oxygen atoms in total. The molecule has 0 saturated carbocycles. The van der Waals surface area contributed by atoms with Crippen molar-refractivity contribution in [2.45, 2.75) is 26.5 Å². The number of halogens is 2. The van der Waals surface area contributed by atoms with Crippen molar-refractivity contribution in [3.8, 4) is 11.5 Å². The minimum atomic E-state index is -1.03. The lowest BCUT2D eigenvalue weighted by Crippen LogP contribution is -2.42. The first-order valence-electron chi connectivity index (χ1n) is 9.93. The van der Waals surface area contributed by atoms with Gasteiger partial charge in [-0.05, 0) is 67.1 Å². The van der Waals surface area contributed by atoms with E-state index in [1.54, 1.807) is 24.3 Å². The highest BCUT2D eigenvalue weighted by molar-refractivity contribution is 8.18. The predicted octanol–water partition coefficient (Wildman–Crippen LogP) is 5.57. The Morgan fingerprint density at radius 2 is 1.85 bits per heavy atom. The maximum absolute atomic E-state index is 12.7. The number of esters is 1. The summed E-state index contributed by atoms with van der Waals surface area (Å²) in [6, 6.07) is 9.47. The molecular formula is C23H21Cl2NO6S. The number of carbonyl (C=O) groups excluding carboxylic acids is 3. The number of hydrogen-bond donors (Lipinski definition) is 0. The van der Waals surface area contributed by atoms with Crippen molar-refractivity contribution >= 4 is 58.2 Å². The van der Waals surface area contributed by atoms with Gasteiger partial charge in [0.1, 0.15) is 12.6 Å². The van der Waals surface area contributed by atoms with Crippen LogP contribution in [-0.2, 0) is 20.9 Å². The second kappa shape index (κ2) is 11.0. The molecule has 2 aromatic rings. The molecule has 174 valence electrons. The van der Waals surface area contributed by atoms with Crippen LogP contribution >= 0.6 is 35.0 Å². The van der Waals surface area contributed by atoms with Crippen LogP contribution in [0, 0.1) is 0 Å². The van der Waals surface area contributed by atoms with E-state index >= 15 is 0 Å². The first-order valence-corrected chi connectivity index (χ1v) is 11.5. The maximum atomic E-state index is 12.7. The topological polar surface area (TPSA) is 82.1 Å². The van der Waals surface area contributed by atoms with Crippen molar-refractivity contribution in [3.63, 3.8) is 0 Å². The molecule has 0 aliphatic carbocycles. The SMILES string of the molecule is CCOc1cc(/C=C2/SC(=O)N([C@H](C)C(=O)OC)C2=O)cc(Cl)c1OCc1ccc(Cl)cc1. The van der Waals surface area contributed by atoms with E-state index in [0.29, 0.717) is 28.7 Å². The fourth-order valence-electron chi connectivity index (χ4n) is 3.05. The van der Waals surface area contributed by atoms with E-state index < -0.39 is 23.2 Å². The van der Waals surface area contributed by atoms with Crippen LogP contribution in [0.25, 0.3) is 6.08 Å². The number of nitrogens with zero attached hydrogens (tertiary/aromatic N) is 1. The zero-order chi connectivity index (χ0) is 24.1. The zero-order valence-electron chi connectivity index (χ0n) is 18.1. The van der Waals surface area contributed by atoms with E-state index in [1.165, 1.54) is 20.1 Å². The number of rotatable bonds is 8. The minimum absolute atomic E-state index is 0.157. The van der Waals surface area contributed by atoms with Gasteiger partial charge in [-0.1, -0.05) is 35.3 Å². The lowest BCUT2D eigenvalue weighted by molar-refractivity contribution is -0.148. The van der Waals surface area contributed by atoms with Crippen LogP contribution < -0.4 is 9.47 Å². The molecule has 1 saturated heterocycles. The summed E-state index contributed by atoms with van der Waals surface area (Å²) in [5.41, 5.74) is 1.44. The van der Waals surface area contributed by atoms with Crippen molar-refractivity contribution in [2.75, 3.05) is 13.7 Å². The van der Waals surface area contributed by atoms with Crippen LogP contribution in [-0.4, -0.2) is 41.8 Å². The van der Waals surface area contributed by atoms with Crippen LogP contribution in [0.5, 0.6) is 11.5 Å². The number of carbonyl (C=O) groups is 3. The molecule has 3 rings (SSSR count). The quantitative estimate of drug-likeness (QED) is 0.339. The van der Waals surface area contributed by atoms with Gasteiger partial charge in [-0.25, -0.2) is 4.79 Å². The molecular weight excluding hydrogens is 489 g/mol. The van der Waals surface area contributed by atoms with Crippen LogP contribution in [0.1, 0.15) is 25.0 Å². The van der Waals surface area contributed by atoms with Gasteiger partial charge < -0.3 is 14.2 Å². The third-order valence-electron chi connectivity index (χ3n) is 4.68. The molecule has 1 heterocycles. The van der Waals surface area contributed by atoms with Gasteiger partial charge in [0.05, 0.1) is 23.6 Å². The fourth-order valence-corrected chi connectivity index (χ4v) is 4.36. The molecule has 0 unspecified atom stereocenters. The van der Waals surface area contributed by atoms with E-state index in [1.807, 2.05) is 19.1 Å². The van der Waals surface area contributed by atoms with E-state index in [0.717, 1.165) is 22.2 Å². The molecule has 1 atom stereocenters. The van der Waals surface area contributed by atoms with E-state index in [4.69, 9.17) is 32.7 Å². The number of amides is 2. The smallest absolute Gasteiger partial charge is 0.328 e. The third-order valence-corrected chi connectivity index (χ3v) is 6.10. The van der Waals surface area contributed by atoms with Gasteiger partial charge >= 0.3 is 5.97 Å². The van der Waals surface area contributed by atoms with Crippen LogP contribution in [0.15, 0.2) is 41.3 Å². The highest BCUT2D eigenvalue weighted by atomic mass is 35.5. The summed E-state index contributed by atoms with van der Waals surface area (Å²) in [7, 11) is 1.20. The molecule has 1 aliphatic heterocycles. The molecule has 0 radical (unpaired) electrons. The van der Waals surface area contributed by atoms with Crippen molar-refractivity contribution < 1.29 is 28.6 Å². The summed E-state index contributed by atoms with van der Waals surface area (Å²) in [4.78, 5) is 37.9. The van der Waals surface area contributed by atoms with Crippen molar-refractivity contribution in [2.24, 2.45) is 0 Å². The Morgan fingerprint density at radius 3 is 2.48 bits per heavy atom. The number of methoxy groups -OCH3 is 1. The third kappa shape index (κ3) is 5.82. The molecule has 0 N–H and O–H groups in total. The summed E-state index contributed by atoms with van der Waals surface area (Å²) in [5, 5.41) is 0.355. The second-order valence-electron chi connectivity index (χ2n) is 6.93. The molecule has 10 heteroatoms. The number of imide groups is 1. The van der Waals surface area contributed by atoms with Crippen molar-refractivity contribution in [1.82, 2.24) is 4.90 Å². The average Bonchev–Trinajstić information content (AvgIpc) is 3.06. The van der Waals surface area contributed by atoms with Crippen LogP contribution in [0.4, 0.5) is 4.79 Å². The van der Waals surface area contributed by atoms with Gasteiger partial charge in [0.2, 0.25) is 0 Å². The van der Waals surface area contributed by atoms with E-state index in [2.05, 4.69) is 4.74 Å². The number of ether oxygens (including phenoxy) is 3. The first kappa shape index (κ1) is 25.0. The molecule has 2 aromatic carbocycles. The van der Waals surface area contributed by atoms with Gasteiger partial charge in [-0.2, -0.15) is 0 Å². The predicted molar refractivity (Wildman–Crippen MR) is 128 cm³/mol. The number of hydrogen-bond acceptors (Lipinski definition) is 7. The molecule has 1 fully saturated rings. The Hall–Kier alpha value is -2.68. The van der Waals surface area contributed by atoms with Crippen LogP contribution in [0.2, 0.25) is 10.0 Å². The highest BCUT2D eigenvalue weighted by Gasteiger charge is 2.41. The standard InChI is InChI=1S/C23H21Cl2NO6S/c1-4-31-18-10-15(9-17(25)20(18)32-12-14-5-7-16(24)8-6-14)11-19-21(27)26(23(29)33-19)13(2)22(28)30-3/h5-11,13H,4,12H2,1-3H3/b19-11+/t13-/m1/s1. The molecule has 0 bridgehead atoms.